The van der Waals surface area contributed by atoms with Crippen LogP contribution in [0, 0.1) is 0 Å². The van der Waals surface area contributed by atoms with Crippen molar-refractivity contribution in [3.63, 3.8) is 0 Å². The molecule has 1 heterocycles. The van der Waals surface area contributed by atoms with Gasteiger partial charge in [-0.05, 0) is 59.7 Å². The second-order valence-corrected chi connectivity index (χ2v) is 7.33. The zero-order chi connectivity index (χ0) is 13.1. The van der Waals surface area contributed by atoms with Crippen molar-refractivity contribution in [3.05, 3.63) is 55.6 Å². The Bertz CT molecular complexity index is 509. The third-order valence-corrected chi connectivity index (χ3v) is 4.91. The molecule has 0 bridgehead atoms. The Balaban J connectivity index is 2.04. The average molecular weight is 345 g/mol. The largest absolute Gasteiger partial charge is 0.295 e. The van der Waals surface area contributed by atoms with Crippen LogP contribution in [0.15, 0.2) is 40.2 Å². The van der Waals surface area contributed by atoms with Gasteiger partial charge in [0.15, 0.2) is 0 Å². The standard InChI is InChI=1S/C14H15BrClNS/c1-10(11-3-5-12(16)6-4-11)17(2)9-13-7-8-14(15)18-13/h3-8,10H,9H2,1-2H3. The van der Waals surface area contributed by atoms with Crippen molar-refractivity contribution >= 4 is 38.9 Å². The number of rotatable bonds is 4. The van der Waals surface area contributed by atoms with Gasteiger partial charge in [0, 0.05) is 22.5 Å². The van der Waals surface area contributed by atoms with Gasteiger partial charge in [-0.2, -0.15) is 0 Å². The summed E-state index contributed by atoms with van der Waals surface area (Å²) in [6.07, 6.45) is 0. The van der Waals surface area contributed by atoms with Crippen LogP contribution in [0.5, 0.6) is 0 Å². The van der Waals surface area contributed by atoms with E-state index in [2.05, 4.69) is 59.1 Å². The molecule has 2 aromatic rings. The molecule has 4 heteroatoms. The smallest absolute Gasteiger partial charge is 0.0701 e. The molecule has 0 spiro atoms. The van der Waals surface area contributed by atoms with Crippen LogP contribution in [-0.4, -0.2) is 11.9 Å². The summed E-state index contributed by atoms with van der Waals surface area (Å²) in [7, 11) is 2.15. The first-order chi connectivity index (χ1) is 8.56. The number of thiophene rings is 1. The number of nitrogens with zero attached hydrogens (tertiary/aromatic N) is 1. The van der Waals surface area contributed by atoms with Crippen molar-refractivity contribution in [2.75, 3.05) is 7.05 Å². The number of hydrogen-bond donors (Lipinski definition) is 0. The van der Waals surface area contributed by atoms with Gasteiger partial charge >= 0.3 is 0 Å². The normalized spacial score (nSPS) is 12.9. The molecule has 0 saturated heterocycles. The van der Waals surface area contributed by atoms with Gasteiger partial charge in [-0.25, -0.2) is 0 Å². The van der Waals surface area contributed by atoms with E-state index in [9.17, 15) is 0 Å². The topological polar surface area (TPSA) is 3.24 Å². The number of benzene rings is 1. The highest BCUT2D eigenvalue weighted by Crippen LogP contribution is 2.26. The minimum Gasteiger partial charge on any atom is -0.295 e. The molecule has 2 rings (SSSR count). The van der Waals surface area contributed by atoms with Gasteiger partial charge in [0.05, 0.1) is 3.79 Å². The fourth-order valence-electron chi connectivity index (χ4n) is 1.82. The Morgan fingerprint density at radius 1 is 1.22 bits per heavy atom. The summed E-state index contributed by atoms with van der Waals surface area (Å²) >= 11 is 11.2. The lowest BCUT2D eigenvalue weighted by Crippen LogP contribution is -2.21. The fraction of sp³-hybridized carbons (Fsp3) is 0.286. The van der Waals surface area contributed by atoms with Crippen molar-refractivity contribution in [1.29, 1.82) is 0 Å². The van der Waals surface area contributed by atoms with Crippen molar-refractivity contribution in [1.82, 2.24) is 4.90 Å². The highest BCUT2D eigenvalue weighted by atomic mass is 79.9. The molecule has 0 aliphatic rings. The summed E-state index contributed by atoms with van der Waals surface area (Å²) < 4.78 is 1.19. The second-order valence-electron chi connectivity index (χ2n) is 4.35. The first kappa shape index (κ1) is 14.1. The van der Waals surface area contributed by atoms with E-state index in [1.807, 2.05) is 12.1 Å². The van der Waals surface area contributed by atoms with Gasteiger partial charge < -0.3 is 0 Å². The molecule has 0 saturated carbocycles. The van der Waals surface area contributed by atoms with Crippen LogP contribution in [0.1, 0.15) is 23.4 Å². The maximum atomic E-state index is 5.91. The minimum absolute atomic E-state index is 0.378. The lowest BCUT2D eigenvalue weighted by molar-refractivity contribution is 0.255. The molecule has 1 atom stereocenters. The zero-order valence-corrected chi connectivity index (χ0v) is 13.5. The number of halogens is 2. The Labute approximate surface area is 126 Å². The maximum absolute atomic E-state index is 5.91. The van der Waals surface area contributed by atoms with E-state index in [0.717, 1.165) is 11.6 Å². The third kappa shape index (κ3) is 3.58. The predicted molar refractivity (Wildman–Crippen MR) is 83.4 cm³/mol. The van der Waals surface area contributed by atoms with Gasteiger partial charge in [0.1, 0.15) is 0 Å². The summed E-state index contributed by atoms with van der Waals surface area (Å²) in [4.78, 5) is 3.70. The molecule has 1 nitrogen and oxygen atoms in total. The van der Waals surface area contributed by atoms with Gasteiger partial charge in [0.2, 0.25) is 0 Å². The fourth-order valence-corrected chi connectivity index (χ4v) is 3.49. The average Bonchev–Trinajstić information content (AvgIpc) is 2.75. The summed E-state index contributed by atoms with van der Waals surface area (Å²) in [5, 5.41) is 0.788. The van der Waals surface area contributed by atoms with Crippen molar-refractivity contribution in [3.8, 4) is 0 Å². The van der Waals surface area contributed by atoms with Crippen LogP contribution in [0.2, 0.25) is 5.02 Å². The molecule has 1 aromatic carbocycles. The van der Waals surface area contributed by atoms with Crippen LogP contribution in [-0.2, 0) is 6.54 Å². The minimum atomic E-state index is 0.378. The molecular formula is C14H15BrClNS. The van der Waals surface area contributed by atoms with Gasteiger partial charge in [-0.15, -0.1) is 11.3 Å². The van der Waals surface area contributed by atoms with Crippen LogP contribution < -0.4 is 0 Å². The van der Waals surface area contributed by atoms with E-state index >= 15 is 0 Å². The van der Waals surface area contributed by atoms with Gasteiger partial charge in [0.25, 0.3) is 0 Å². The molecule has 96 valence electrons. The van der Waals surface area contributed by atoms with Crippen LogP contribution >= 0.6 is 38.9 Å². The second kappa shape index (κ2) is 6.20. The quantitative estimate of drug-likeness (QED) is 0.722. The lowest BCUT2D eigenvalue weighted by atomic mass is 10.1. The molecule has 0 N–H and O–H groups in total. The van der Waals surface area contributed by atoms with E-state index in [-0.39, 0.29) is 0 Å². The molecule has 0 aliphatic heterocycles. The highest BCUT2D eigenvalue weighted by Gasteiger charge is 2.12. The molecule has 0 aliphatic carbocycles. The molecular weight excluding hydrogens is 330 g/mol. The van der Waals surface area contributed by atoms with Crippen molar-refractivity contribution < 1.29 is 0 Å². The van der Waals surface area contributed by atoms with Crippen LogP contribution in [0.4, 0.5) is 0 Å². The molecule has 18 heavy (non-hydrogen) atoms. The van der Waals surface area contributed by atoms with Gasteiger partial charge in [-0.1, -0.05) is 23.7 Å². The lowest BCUT2D eigenvalue weighted by Gasteiger charge is -2.24. The molecule has 1 unspecified atom stereocenters. The Hall–Kier alpha value is -0.350. The maximum Gasteiger partial charge on any atom is 0.0701 e. The number of hydrogen-bond acceptors (Lipinski definition) is 2. The SMILES string of the molecule is CC(c1ccc(Cl)cc1)N(C)Cc1ccc(Br)s1. The monoisotopic (exact) mass is 343 g/mol. The van der Waals surface area contributed by atoms with Crippen LogP contribution in [0.25, 0.3) is 0 Å². The first-order valence-corrected chi connectivity index (χ1v) is 7.75. The van der Waals surface area contributed by atoms with E-state index in [4.69, 9.17) is 11.6 Å². The summed E-state index contributed by atoms with van der Waals surface area (Å²) in [5.74, 6) is 0. The van der Waals surface area contributed by atoms with Gasteiger partial charge in [-0.3, -0.25) is 4.90 Å². The Morgan fingerprint density at radius 2 is 1.89 bits per heavy atom. The molecule has 0 fully saturated rings. The van der Waals surface area contributed by atoms with Crippen LogP contribution in [0.3, 0.4) is 0 Å². The summed E-state index contributed by atoms with van der Waals surface area (Å²) in [5.41, 5.74) is 1.29. The molecule has 0 amide bonds. The first-order valence-electron chi connectivity index (χ1n) is 5.76. The third-order valence-electron chi connectivity index (χ3n) is 3.05. The van der Waals surface area contributed by atoms with E-state index < -0.39 is 0 Å². The summed E-state index contributed by atoms with van der Waals surface area (Å²) in [6.45, 7) is 3.17. The molecule has 1 aromatic heterocycles. The van der Waals surface area contributed by atoms with E-state index in [1.54, 1.807) is 11.3 Å². The Kier molecular flexibility index (Phi) is 4.84. The predicted octanol–water partition coefficient (Wildman–Crippen LogP) is 5.36. The van der Waals surface area contributed by atoms with E-state index in [0.29, 0.717) is 6.04 Å². The molecule has 0 radical (unpaired) electrons. The highest BCUT2D eigenvalue weighted by molar-refractivity contribution is 9.11. The van der Waals surface area contributed by atoms with Crippen molar-refractivity contribution in [2.24, 2.45) is 0 Å². The van der Waals surface area contributed by atoms with E-state index in [1.165, 1.54) is 14.2 Å². The Morgan fingerprint density at radius 3 is 2.44 bits per heavy atom. The zero-order valence-electron chi connectivity index (χ0n) is 10.4. The summed E-state index contributed by atoms with van der Waals surface area (Å²) in [6, 6.07) is 12.7. The van der Waals surface area contributed by atoms with Crippen molar-refractivity contribution in [2.45, 2.75) is 19.5 Å².